The molecule has 4 nitrogen and oxygen atoms in total. The summed E-state index contributed by atoms with van der Waals surface area (Å²) >= 11 is 4.85. The third-order valence-electron chi connectivity index (χ3n) is 2.75. The molecule has 0 spiro atoms. The Morgan fingerprint density at radius 2 is 2.13 bits per heavy atom. The van der Waals surface area contributed by atoms with Crippen LogP contribution in [0.2, 0.25) is 0 Å². The van der Waals surface area contributed by atoms with Crippen molar-refractivity contribution in [1.82, 2.24) is 10.6 Å². The largest absolute Gasteiger partial charge is 0.392 e. The fraction of sp³-hybridized carbons (Fsp3) is 0.800. The smallest absolute Gasteiger partial charge is 0.315 e. The Labute approximate surface area is 96.0 Å². The SMILES string of the molecule is CCC(NC(=O)NC1CCCC1)C(N)=S. The van der Waals surface area contributed by atoms with Gasteiger partial charge in [0.25, 0.3) is 0 Å². The molecule has 15 heavy (non-hydrogen) atoms. The number of urea groups is 1. The summed E-state index contributed by atoms with van der Waals surface area (Å²) in [5, 5.41) is 5.71. The van der Waals surface area contributed by atoms with E-state index in [9.17, 15) is 4.79 Å². The summed E-state index contributed by atoms with van der Waals surface area (Å²) in [6.07, 6.45) is 5.30. The number of nitrogens with two attached hydrogens (primary N) is 1. The van der Waals surface area contributed by atoms with Crippen LogP contribution in [-0.2, 0) is 0 Å². The van der Waals surface area contributed by atoms with Gasteiger partial charge in [-0.15, -0.1) is 0 Å². The predicted molar refractivity (Wildman–Crippen MR) is 64.8 cm³/mol. The van der Waals surface area contributed by atoms with Gasteiger partial charge in [-0.3, -0.25) is 0 Å². The molecule has 2 amide bonds. The summed E-state index contributed by atoms with van der Waals surface area (Å²) < 4.78 is 0. The number of nitrogens with one attached hydrogen (secondary N) is 2. The molecule has 0 aromatic carbocycles. The van der Waals surface area contributed by atoms with Crippen LogP contribution in [0.1, 0.15) is 39.0 Å². The Kier molecular flexibility index (Phi) is 4.81. The molecule has 86 valence electrons. The van der Waals surface area contributed by atoms with E-state index >= 15 is 0 Å². The highest BCUT2D eigenvalue weighted by atomic mass is 32.1. The molecule has 5 heteroatoms. The predicted octanol–water partition coefficient (Wildman–Crippen LogP) is 1.29. The third-order valence-corrected chi connectivity index (χ3v) is 3.03. The van der Waals surface area contributed by atoms with Crippen LogP contribution in [0.3, 0.4) is 0 Å². The maximum atomic E-state index is 11.5. The van der Waals surface area contributed by atoms with Gasteiger partial charge in [0, 0.05) is 6.04 Å². The van der Waals surface area contributed by atoms with E-state index in [1.807, 2.05) is 6.92 Å². The van der Waals surface area contributed by atoms with E-state index in [0.717, 1.165) is 19.3 Å². The molecule has 1 aliphatic rings. The standard InChI is InChI=1S/C10H19N3OS/c1-2-8(9(11)15)13-10(14)12-7-5-3-4-6-7/h7-8H,2-6H2,1H3,(H2,11,15)(H2,12,13,14). The number of thiocarbonyl (C=S) groups is 1. The highest BCUT2D eigenvalue weighted by Gasteiger charge is 2.19. The first-order chi connectivity index (χ1) is 7.13. The number of hydrogen-bond acceptors (Lipinski definition) is 2. The lowest BCUT2D eigenvalue weighted by atomic mass is 10.2. The fourth-order valence-electron chi connectivity index (χ4n) is 1.83. The zero-order valence-electron chi connectivity index (χ0n) is 9.08. The Bertz CT molecular complexity index is 239. The molecule has 1 fully saturated rings. The Balaban J connectivity index is 2.30. The average molecular weight is 229 g/mol. The van der Waals surface area contributed by atoms with Crippen molar-refractivity contribution in [3.8, 4) is 0 Å². The molecule has 0 aromatic heterocycles. The number of carbonyl (C=O) groups excluding carboxylic acids is 1. The summed E-state index contributed by atoms with van der Waals surface area (Å²) in [7, 11) is 0. The Hall–Kier alpha value is -0.840. The van der Waals surface area contributed by atoms with Gasteiger partial charge in [-0.2, -0.15) is 0 Å². The van der Waals surface area contributed by atoms with Crippen molar-refractivity contribution in [2.45, 2.75) is 51.1 Å². The van der Waals surface area contributed by atoms with E-state index < -0.39 is 0 Å². The molecule has 0 heterocycles. The van der Waals surface area contributed by atoms with Crippen molar-refractivity contribution in [2.24, 2.45) is 5.73 Å². The van der Waals surface area contributed by atoms with Crippen molar-refractivity contribution >= 4 is 23.2 Å². The zero-order valence-corrected chi connectivity index (χ0v) is 9.90. The Morgan fingerprint density at radius 1 is 1.53 bits per heavy atom. The minimum atomic E-state index is -0.193. The van der Waals surface area contributed by atoms with E-state index in [1.165, 1.54) is 12.8 Å². The molecule has 4 N–H and O–H groups in total. The van der Waals surface area contributed by atoms with Crippen molar-refractivity contribution in [2.75, 3.05) is 0 Å². The lowest BCUT2D eigenvalue weighted by Gasteiger charge is -2.18. The lowest BCUT2D eigenvalue weighted by molar-refractivity contribution is 0.235. The summed E-state index contributed by atoms with van der Waals surface area (Å²) in [6.45, 7) is 1.94. The fourth-order valence-corrected chi connectivity index (χ4v) is 2.06. The minimum Gasteiger partial charge on any atom is -0.392 e. The van der Waals surface area contributed by atoms with Crippen molar-refractivity contribution in [1.29, 1.82) is 0 Å². The second kappa shape index (κ2) is 5.90. The van der Waals surface area contributed by atoms with Crippen molar-refractivity contribution in [3.63, 3.8) is 0 Å². The molecule has 0 radical (unpaired) electrons. The summed E-state index contributed by atoms with van der Waals surface area (Å²) in [6, 6.07) is -0.0168. The van der Waals surface area contributed by atoms with Gasteiger partial charge in [0.05, 0.1) is 11.0 Å². The topological polar surface area (TPSA) is 67.2 Å². The van der Waals surface area contributed by atoms with Crippen molar-refractivity contribution < 1.29 is 4.79 Å². The molecular formula is C10H19N3OS. The van der Waals surface area contributed by atoms with Gasteiger partial charge in [-0.05, 0) is 19.3 Å². The van der Waals surface area contributed by atoms with Crippen LogP contribution in [-0.4, -0.2) is 23.1 Å². The van der Waals surface area contributed by atoms with Gasteiger partial charge in [-0.1, -0.05) is 32.0 Å². The van der Waals surface area contributed by atoms with Crippen LogP contribution < -0.4 is 16.4 Å². The summed E-state index contributed by atoms with van der Waals surface area (Å²) in [5.74, 6) is 0. The van der Waals surface area contributed by atoms with E-state index in [2.05, 4.69) is 10.6 Å². The monoisotopic (exact) mass is 229 g/mol. The van der Waals surface area contributed by atoms with Gasteiger partial charge < -0.3 is 16.4 Å². The van der Waals surface area contributed by atoms with E-state index in [-0.39, 0.29) is 12.1 Å². The molecule has 1 rings (SSSR count). The van der Waals surface area contributed by atoms with Crippen LogP contribution >= 0.6 is 12.2 Å². The van der Waals surface area contributed by atoms with Crippen LogP contribution in [0.5, 0.6) is 0 Å². The molecule has 0 bridgehead atoms. The van der Waals surface area contributed by atoms with Crippen LogP contribution in [0.15, 0.2) is 0 Å². The molecule has 1 atom stereocenters. The zero-order chi connectivity index (χ0) is 11.3. The maximum Gasteiger partial charge on any atom is 0.315 e. The van der Waals surface area contributed by atoms with Gasteiger partial charge >= 0.3 is 6.03 Å². The molecular weight excluding hydrogens is 210 g/mol. The number of hydrogen-bond donors (Lipinski definition) is 3. The van der Waals surface area contributed by atoms with E-state index in [4.69, 9.17) is 18.0 Å². The first kappa shape index (κ1) is 12.2. The van der Waals surface area contributed by atoms with Gasteiger partial charge in [-0.25, -0.2) is 4.79 Å². The molecule has 0 aromatic rings. The van der Waals surface area contributed by atoms with Crippen LogP contribution in [0.4, 0.5) is 4.79 Å². The van der Waals surface area contributed by atoms with Gasteiger partial charge in [0.2, 0.25) is 0 Å². The molecule has 1 aliphatic carbocycles. The quantitative estimate of drug-likeness (QED) is 0.636. The molecule has 1 saturated carbocycles. The van der Waals surface area contributed by atoms with Crippen LogP contribution in [0.25, 0.3) is 0 Å². The third kappa shape index (κ3) is 4.03. The minimum absolute atomic E-state index is 0.151. The van der Waals surface area contributed by atoms with Crippen molar-refractivity contribution in [3.05, 3.63) is 0 Å². The first-order valence-electron chi connectivity index (χ1n) is 5.49. The lowest BCUT2D eigenvalue weighted by Crippen LogP contribution is -2.49. The first-order valence-corrected chi connectivity index (χ1v) is 5.90. The molecule has 0 saturated heterocycles. The van der Waals surface area contributed by atoms with E-state index in [1.54, 1.807) is 0 Å². The summed E-state index contributed by atoms with van der Waals surface area (Å²) in [5.41, 5.74) is 5.49. The van der Waals surface area contributed by atoms with Gasteiger partial charge in [0.1, 0.15) is 0 Å². The van der Waals surface area contributed by atoms with Gasteiger partial charge in [0.15, 0.2) is 0 Å². The second-order valence-corrected chi connectivity index (χ2v) is 4.43. The highest BCUT2D eigenvalue weighted by molar-refractivity contribution is 7.80. The number of amides is 2. The maximum absolute atomic E-state index is 11.5. The highest BCUT2D eigenvalue weighted by Crippen LogP contribution is 2.17. The molecule has 1 unspecified atom stereocenters. The average Bonchev–Trinajstić information content (AvgIpc) is 2.66. The van der Waals surface area contributed by atoms with Crippen LogP contribution in [0, 0.1) is 0 Å². The normalized spacial score (nSPS) is 18.5. The molecule has 0 aliphatic heterocycles. The second-order valence-electron chi connectivity index (χ2n) is 3.96. The Morgan fingerprint density at radius 3 is 2.60 bits per heavy atom. The number of rotatable bonds is 4. The summed E-state index contributed by atoms with van der Waals surface area (Å²) in [4.78, 5) is 11.9. The van der Waals surface area contributed by atoms with E-state index in [0.29, 0.717) is 11.0 Å². The number of carbonyl (C=O) groups is 1.